The third kappa shape index (κ3) is 16.0. The molecule has 2 aliphatic rings. The summed E-state index contributed by atoms with van der Waals surface area (Å²) in [5.41, 5.74) is 0. The fourth-order valence-corrected chi connectivity index (χ4v) is 5.05. The molecule has 0 aromatic rings. The van der Waals surface area contributed by atoms with Crippen molar-refractivity contribution in [3.8, 4) is 0 Å². The van der Waals surface area contributed by atoms with E-state index in [0.717, 1.165) is 52.5 Å². The van der Waals surface area contributed by atoms with E-state index in [9.17, 15) is 0 Å². The quantitative estimate of drug-likeness (QED) is 0.127. The molecular weight excluding hydrogens is 400 g/mol. The van der Waals surface area contributed by atoms with E-state index in [1.807, 2.05) is 0 Å². The lowest BCUT2D eigenvalue weighted by Gasteiger charge is -2.12. The number of ether oxygens (including phenoxy) is 8. The maximum atomic E-state index is 5.42. The van der Waals surface area contributed by atoms with E-state index >= 15 is 0 Å². The van der Waals surface area contributed by atoms with Crippen LogP contribution in [0.3, 0.4) is 0 Å². The second-order valence-corrected chi connectivity index (χ2v) is 10.8. The van der Waals surface area contributed by atoms with Gasteiger partial charge in [-0.15, -0.1) is 0 Å². The van der Waals surface area contributed by atoms with Gasteiger partial charge in [0.2, 0.25) is 0 Å². The van der Waals surface area contributed by atoms with Crippen molar-refractivity contribution in [2.45, 2.75) is 49.0 Å². The summed E-state index contributed by atoms with van der Waals surface area (Å²) in [6, 6.07) is 2.41. The van der Waals surface area contributed by atoms with Crippen LogP contribution >= 0.6 is 0 Å². The van der Waals surface area contributed by atoms with Gasteiger partial charge in [0.15, 0.2) is 0 Å². The molecule has 28 heavy (non-hydrogen) atoms. The molecule has 0 aromatic heterocycles. The predicted octanol–water partition coefficient (Wildman–Crippen LogP) is -0.0892. The molecule has 0 aromatic carbocycles. The standard InChI is InChI=1S/2C9H20O4Si/c2*1-10-9(11-2)14-5-3-4-12-6-8-7-13-8/h2*8-9H,3-7,14H2,1-2H3. The Morgan fingerprint density at radius 1 is 0.714 bits per heavy atom. The number of epoxide rings is 2. The highest BCUT2D eigenvalue weighted by molar-refractivity contribution is 6.36. The number of hydrogen-bond acceptors (Lipinski definition) is 8. The molecule has 0 radical (unpaired) electrons. The molecule has 0 spiro atoms. The van der Waals surface area contributed by atoms with Gasteiger partial charge in [-0.25, -0.2) is 0 Å². The van der Waals surface area contributed by atoms with Crippen LogP contribution in [0.5, 0.6) is 0 Å². The maximum Gasteiger partial charge on any atom is 0.134 e. The van der Waals surface area contributed by atoms with Gasteiger partial charge < -0.3 is 37.9 Å². The van der Waals surface area contributed by atoms with Gasteiger partial charge in [0.25, 0.3) is 0 Å². The fraction of sp³-hybridized carbons (Fsp3) is 1.00. The summed E-state index contributed by atoms with van der Waals surface area (Å²) in [4.78, 5) is 0. The molecule has 0 bridgehead atoms. The Labute approximate surface area is 174 Å². The molecular formula is C18H40O8Si2. The van der Waals surface area contributed by atoms with E-state index in [2.05, 4.69) is 0 Å². The first-order valence-electron chi connectivity index (χ1n) is 10.2. The largest absolute Gasteiger partial charge is 0.379 e. The first kappa shape index (κ1) is 26.1. The minimum atomic E-state index is -0.262. The Morgan fingerprint density at radius 3 is 1.36 bits per heavy atom. The molecule has 2 aliphatic heterocycles. The Hall–Kier alpha value is 0.114. The summed E-state index contributed by atoms with van der Waals surface area (Å²) in [5, 5.41) is 0. The Kier molecular flexibility index (Phi) is 16.7. The average Bonchev–Trinajstić information content (AvgIpc) is 3.63. The summed E-state index contributed by atoms with van der Waals surface area (Å²) in [7, 11) is 6.26. The lowest BCUT2D eigenvalue weighted by Crippen LogP contribution is -2.21. The second kappa shape index (κ2) is 17.9. The molecule has 2 atom stereocenters. The lowest BCUT2D eigenvalue weighted by atomic mass is 10.5. The summed E-state index contributed by atoms with van der Waals surface area (Å²) in [5.74, 6) is 0.142. The van der Waals surface area contributed by atoms with Gasteiger partial charge in [-0.3, -0.25) is 0 Å². The summed E-state index contributed by atoms with van der Waals surface area (Å²) in [6.07, 6.45) is 3.00. The Bertz CT molecular complexity index is 306. The Morgan fingerprint density at radius 2 is 1.07 bits per heavy atom. The van der Waals surface area contributed by atoms with Crippen LogP contribution in [0.25, 0.3) is 0 Å². The van der Waals surface area contributed by atoms with Crippen LogP contribution in [-0.4, -0.2) is 111 Å². The maximum absolute atomic E-state index is 5.42. The molecule has 0 N–H and O–H groups in total. The van der Waals surface area contributed by atoms with E-state index < -0.39 is 0 Å². The molecule has 2 fully saturated rings. The van der Waals surface area contributed by atoms with Gasteiger partial charge in [-0.1, -0.05) is 12.1 Å². The van der Waals surface area contributed by atoms with Gasteiger partial charge in [-0.2, -0.15) is 0 Å². The fourth-order valence-electron chi connectivity index (χ4n) is 2.45. The van der Waals surface area contributed by atoms with Crippen LogP contribution < -0.4 is 0 Å². The third-order valence-corrected chi connectivity index (χ3v) is 8.51. The van der Waals surface area contributed by atoms with Crippen molar-refractivity contribution in [3.63, 3.8) is 0 Å². The molecule has 10 heteroatoms. The Balaban J connectivity index is 0.000000280. The average molecular weight is 441 g/mol. The second-order valence-electron chi connectivity index (χ2n) is 6.85. The SMILES string of the molecule is COC(OC)[SiH2]CCCOCC1CO1.COC(OC)[SiH2]CCCOCC1CO1. The van der Waals surface area contributed by atoms with E-state index in [1.54, 1.807) is 28.4 Å². The zero-order chi connectivity index (χ0) is 20.5. The van der Waals surface area contributed by atoms with Gasteiger partial charge in [-0.05, 0) is 12.8 Å². The first-order chi connectivity index (χ1) is 13.7. The molecule has 0 aliphatic carbocycles. The molecule has 2 rings (SSSR count). The van der Waals surface area contributed by atoms with Crippen molar-refractivity contribution in [1.29, 1.82) is 0 Å². The van der Waals surface area contributed by atoms with E-state index in [4.69, 9.17) is 37.9 Å². The highest BCUT2D eigenvalue weighted by atomic mass is 28.2. The van der Waals surface area contributed by atoms with Crippen LogP contribution in [0.1, 0.15) is 12.8 Å². The zero-order valence-electron chi connectivity index (χ0n) is 18.1. The third-order valence-electron chi connectivity index (χ3n) is 4.42. The van der Waals surface area contributed by atoms with Gasteiger partial charge in [0, 0.05) is 41.7 Å². The minimum absolute atomic E-state index is 0.0711. The van der Waals surface area contributed by atoms with E-state index in [1.165, 1.54) is 12.1 Å². The predicted molar refractivity (Wildman–Crippen MR) is 113 cm³/mol. The van der Waals surface area contributed by atoms with Gasteiger partial charge in [0.1, 0.15) is 24.0 Å². The first-order valence-corrected chi connectivity index (χ1v) is 13.9. The van der Waals surface area contributed by atoms with Crippen molar-refractivity contribution in [1.82, 2.24) is 0 Å². The minimum Gasteiger partial charge on any atom is -0.379 e. The summed E-state index contributed by atoms with van der Waals surface area (Å²) < 4.78 is 41.4. The van der Waals surface area contributed by atoms with Crippen molar-refractivity contribution < 1.29 is 37.9 Å². The van der Waals surface area contributed by atoms with Crippen molar-refractivity contribution in [3.05, 3.63) is 0 Å². The molecule has 0 saturated carbocycles. The van der Waals surface area contributed by atoms with Crippen LogP contribution in [0.2, 0.25) is 12.1 Å². The van der Waals surface area contributed by atoms with Crippen molar-refractivity contribution in [2.75, 3.05) is 68.1 Å². The van der Waals surface area contributed by atoms with E-state index in [0.29, 0.717) is 12.2 Å². The zero-order valence-corrected chi connectivity index (χ0v) is 20.9. The van der Waals surface area contributed by atoms with Gasteiger partial charge >= 0.3 is 0 Å². The smallest absolute Gasteiger partial charge is 0.134 e. The molecule has 0 amide bonds. The van der Waals surface area contributed by atoms with Crippen LogP contribution in [-0.2, 0) is 37.9 Å². The molecule has 2 heterocycles. The molecule has 2 unspecified atom stereocenters. The monoisotopic (exact) mass is 440 g/mol. The number of rotatable bonds is 18. The highest BCUT2D eigenvalue weighted by Gasteiger charge is 2.22. The normalized spacial score (nSPS) is 21.2. The number of methoxy groups -OCH3 is 4. The van der Waals surface area contributed by atoms with Crippen molar-refractivity contribution >= 4 is 19.0 Å². The van der Waals surface area contributed by atoms with Crippen LogP contribution in [0.4, 0.5) is 0 Å². The molecule has 8 nitrogen and oxygen atoms in total. The highest BCUT2D eigenvalue weighted by Crippen LogP contribution is 2.09. The van der Waals surface area contributed by atoms with Crippen LogP contribution in [0.15, 0.2) is 0 Å². The van der Waals surface area contributed by atoms with Crippen LogP contribution in [0, 0.1) is 0 Å². The molecule has 168 valence electrons. The van der Waals surface area contributed by atoms with Crippen molar-refractivity contribution in [2.24, 2.45) is 0 Å². The summed E-state index contributed by atoms with van der Waals surface area (Å²) >= 11 is 0. The summed E-state index contributed by atoms with van der Waals surface area (Å²) in [6.45, 7) is 4.97. The van der Waals surface area contributed by atoms with Gasteiger partial charge in [0.05, 0.1) is 45.5 Å². The lowest BCUT2D eigenvalue weighted by molar-refractivity contribution is -0.0443. The van der Waals surface area contributed by atoms with E-state index in [-0.39, 0.29) is 30.9 Å². The topological polar surface area (TPSA) is 80.4 Å². The molecule has 2 saturated heterocycles. The number of hydrogen-bond donors (Lipinski definition) is 0.